The van der Waals surface area contributed by atoms with Crippen LogP contribution in [0.3, 0.4) is 0 Å². The Bertz CT molecular complexity index is 434. The molecule has 4 N–H and O–H groups in total. The first-order valence-corrected chi connectivity index (χ1v) is 7.13. The monoisotopic (exact) mass is 263 g/mol. The van der Waals surface area contributed by atoms with Crippen LogP contribution in [-0.4, -0.2) is 26.3 Å². The smallest absolute Gasteiger partial charge is 0.0642 e. The molecule has 1 aromatic carbocycles. The minimum atomic E-state index is 0.770. The van der Waals surface area contributed by atoms with Crippen LogP contribution in [0.5, 0.6) is 0 Å². The number of hydrogen-bond acceptors (Lipinski definition) is 4. The average molecular weight is 263 g/mol. The zero-order valence-electron chi connectivity index (χ0n) is 12.3. The molecular formula is C15H25N3O. The molecule has 1 aliphatic heterocycles. The Morgan fingerprint density at radius 2 is 1.58 bits per heavy atom. The molecule has 0 unspecified atom stereocenters. The van der Waals surface area contributed by atoms with Crippen molar-refractivity contribution < 1.29 is 4.74 Å². The molecule has 0 aliphatic carbocycles. The third kappa shape index (κ3) is 2.37. The van der Waals surface area contributed by atoms with Gasteiger partial charge in [-0.05, 0) is 30.9 Å². The van der Waals surface area contributed by atoms with Gasteiger partial charge in [0.05, 0.1) is 24.6 Å². The Morgan fingerprint density at radius 3 is 2.11 bits per heavy atom. The van der Waals surface area contributed by atoms with E-state index in [0.29, 0.717) is 0 Å². The van der Waals surface area contributed by atoms with Crippen LogP contribution >= 0.6 is 0 Å². The normalized spacial score (nSPS) is 15.8. The Hall–Kier alpha value is -1.42. The van der Waals surface area contributed by atoms with E-state index in [2.05, 4.69) is 25.7 Å². The number of anilines is 3. The quantitative estimate of drug-likeness (QED) is 0.820. The SMILES string of the molecule is CCc1c(C)c(N2CCOCC2)c(N)c(CC)c1N. The van der Waals surface area contributed by atoms with Crippen molar-refractivity contribution in [2.75, 3.05) is 42.7 Å². The zero-order valence-corrected chi connectivity index (χ0v) is 12.3. The van der Waals surface area contributed by atoms with Crippen molar-refractivity contribution >= 4 is 17.1 Å². The van der Waals surface area contributed by atoms with E-state index >= 15 is 0 Å². The maximum atomic E-state index is 6.39. The van der Waals surface area contributed by atoms with Crippen molar-refractivity contribution in [1.29, 1.82) is 0 Å². The van der Waals surface area contributed by atoms with E-state index in [9.17, 15) is 0 Å². The third-order valence-corrected chi connectivity index (χ3v) is 4.07. The first-order chi connectivity index (χ1) is 9.11. The Kier molecular flexibility index (Phi) is 4.20. The van der Waals surface area contributed by atoms with Crippen molar-refractivity contribution in [3.63, 3.8) is 0 Å². The maximum Gasteiger partial charge on any atom is 0.0642 e. The summed E-state index contributed by atoms with van der Waals surface area (Å²) in [7, 11) is 0. The molecule has 106 valence electrons. The van der Waals surface area contributed by atoms with Gasteiger partial charge in [-0.25, -0.2) is 0 Å². The summed E-state index contributed by atoms with van der Waals surface area (Å²) in [4.78, 5) is 2.34. The summed E-state index contributed by atoms with van der Waals surface area (Å²) in [6, 6.07) is 0. The molecule has 4 heteroatoms. The highest BCUT2D eigenvalue weighted by molar-refractivity contribution is 5.83. The van der Waals surface area contributed by atoms with E-state index in [0.717, 1.165) is 56.1 Å². The van der Waals surface area contributed by atoms with E-state index in [-0.39, 0.29) is 0 Å². The van der Waals surface area contributed by atoms with Gasteiger partial charge in [0.25, 0.3) is 0 Å². The van der Waals surface area contributed by atoms with Gasteiger partial charge in [0, 0.05) is 24.3 Å². The summed E-state index contributed by atoms with van der Waals surface area (Å²) in [5, 5.41) is 0. The number of nitrogen functional groups attached to an aromatic ring is 2. The van der Waals surface area contributed by atoms with Crippen molar-refractivity contribution in [1.82, 2.24) is 0 Å². The minimum absolute atomic E-state index is 0.770. The van der Waals surface area contributed by atoms with Crippen molar-refractivity contribution in [2.24, 2.45) is 0 Å². The molecule has 0 amide bonds. The number of ether oxygens (including phenoxy) is 1. The molecule has 19 heavy (non-hydrogen) atoms. The standard InChI is InChI=1S/C15H25N3O/c1-4-11-10(3)15(18-6-8-19-9-7-18)14(17)12(5-2)13(11)16/h4-9,16-17H2,1-3H3. The highest BCUT2D eigenvalue weighted by Gasteiger charge is 2.22. The average Bonchev–Trinajstić information content (AvgIpc) is 2.41. The Morgan fingerprint density at radius 1 is 1.00 bits per heavy atom. The topological polar surface area (TPSA) is 64.5 Å². The lowest BCUT2D eigenvalue weighted by Crippen LogP contribution is -2.37. The molecule has 0 aromatic heterocycles. The number of hydrogen-bond donors (Lipinski definition) is 2. The lowest BCUT2D eigenvalue weighted by Gasteiger charge is -2.33. The van der Waals surface area contributed by atoms with E-state index in [1.165, 1.54) is 16.8 Å². The minimum Gasteiger partial charge on any atom is -0.398 e. The van der Waals surface area contributed by atoms with Crippen molar-refractivity contribution in [3.05, 3.63) is 16.7 Å². The summed E-state index contributed by atoms with van der Waals surface area (Å²) in [6.07, 6.45) is 1.82. The van der Waals surface area contributed by atoms with Gasteiger partial charge in [0.1, 0.15) is 0 Å². The second-order valence-electron chi connectivity index (χ2n) is 5.06. The van der Waals surface area contributed by atoms with Gasteiger partial charge in [-0.3, -0.25) is 0 Å². The van der Waals surface area contributed by atoms with E-state index in [4.69, 9.17) is 16.2 Å². The Labute approximate surface area is 115 Å². The zero-order chi connectivity index (χ0) is 14.0. The molecule has 0 bridgehead atoms. The second kappa shape index (κ2) is 5.70. The lowest BCUT2D eigenvalue weighted by molar-refractivity contribution is 0.122. The molecule has 1 saturated heterocycles. The molecule has 1 aliphatic rings. The number of rotatable bonds is 3. The predicted molar refractivity (Wildman–Crippen MR) is 81.8 cm³/mol. The summed E-state index contributed by atoms with van der Waals surface area (Å²) in [6.45, 7) is 9.74. The van der Waals surface area contributed by atoms with Crippen molar-refractivity contribution in [3.8, 4) is 0 Å². The van der Waals surface area contributed by atoms with Gasteiger partial charge in [-0.2, -0.15) is 0 Å². The molecule has 0 radical (unpaired) electrons. The fourth-order valence-corrected chi connectivity index (χ4v) is 3.05. The summed E-state index contributed by atoms with van der Waals surface area (Å²) < 4.78 is 5.43. The van der Waals surface area contributed by atoms with Crippen LogP contribution in [0.2, 0.25) is 0 Å². The first kappa shape index (κ1) is 14.0. The molecule has 4 nitrogen and oxygen atoms in total. The second-order valence-corrected chi connectivity index (χ2v) is 5.06. The van der Waals surface area contributed by atoms with Crippen LogP contribution in [0.25, 0.3) is 0 Å². The summed E-state index contributed by atoms with van der Waals surface area (Å²) in [5.41, 5.74) is 19.2. The van der Waals surface area contributed by atoms with Gasteiger partial charge in [0.15, 0.2) is 0 Å². The van der Waals surface area contributed by atoms with Crippen LogP contribution in [0, 0.1) is 6.92 Å². The fourth-order valence-electron chi connectivity index (χ4n) is 3.05. The van der Waals surface area contributed by atoms with Crippen LogP contribution in [0.4, 0.5) is 17.1 Å². The van der Waals surface area contributed by atoms with E-state index in [1.54, 1.807) is 0 Å². The fraction of sp³-hybridized carbons (Fsp3) is 0.600. The highest BCUT2D eigenvalue weighted by Crippen LogP contribution is 2.39. The molecule has 0 atom stereocenters. The predicted octanol–water partition coefficient (Wildman–Crippen LogP) is 2.12. The largest absolute Gasteiger partial charge is 0.398 e. The molecule has 1 heterocycles. The van der Waals surface area contributed by atoms with Gasteiger partial charge < -0.3 is 21.1 Å². The summed E-state index contributed by atoms with van der Waals surface area (Å²) >= 11 is 0. The van der Waals surface area contributed by atoms with Crippen LogP contribution in [-0.2, 0) is 17.6 Å². The third-order valence-electron chi connectivity index (χ3n) is 4.07. The number of morpholine rings is 1. The van der Waals surface area contributed by atoms with Crippen LogP contribution in [0.15, 0.2) is 0 Å². The molecule has 0 saturated carbocycles. The van der Waals surface area contributed by atoms with Gasteiger partial charge in [-0.1, -0.05) is 13.8 Å². The van der Waals surface area contributed by atoms with E-state index in [1.807, 2.05) is 0 Å². The van der Waals surface area contributed by atoms with Crippen LogP contribution < -0.4 is 16.4 Å². The van der Waals surface area contributed by atoms with Crippen molar-refractivity contribution in [2.45, 2.75) is 33.6 Å². The molecule has 2 rings (SSSR count). The van der Waals surface area contributed by atoms with Crippen LogP contribution in [0.1, 0.15) is 30.5 Å². The summed E-state index contributed by atoms with van der Waals surface area (Å²) in [5.74, 6) is 0. The van der Waals surface area contributed by atoms with E-state index < -0.39 is 0 Å². The number of nitrogens with zero attached hydrogens (tertiary/aromatic N) is 1. The lowest BCUT2D eigenvalue weighted by atomic mass is 9.94. The molecule has 1 aromatic rings. The molecular weight excluding hydrogens is 238 g/mol. The molecule has 0 spiro atoms. The first-order valence-electron chi connectivity index (χ1n) is 7.13. The maximum absolute atomic E-state index is 6.39. The Balaban J connectivity index is 2.58. The molecule has 1 fully saturated rings. The van der Waals surface area contributed by atoms with Gasteiger partial charge >= 0.3 is 0 Å². The van der Waals surface area contributed by atoms with Gasteiger partial charge in [-0.15, -0.1) is 0 Å². The number of nitrogens with two attached hydrogens (primary N) is 2. The van der Waals surface area contributed by atoms with Gasteiger partial charge in [0.2, 0.25) is 0 Å². The highest BCUT2D eigenvalue weighted by atomic mass is 16.5. The number of benzene rings is 1.